The maximum absolute atomic E-state index is 12.4. The number of benzene rings is 1. The molecule has 0 radical (unpaired) electrons. The third-order valence-electron chi connectivity index (χ3n) is 3.24. The second-order valence-corrected chi connectivity index (χ2v) is 6.61. The van der Waals surface area contributed by atoms with E-state index in [1.54, 1.807) is 14.0 Å². The van der Waals surface area contributed by atoms with Gasteiger partial charge in [0.05, 0.1) is 15.1 Å². The van der Waals surface area contributed by atoms with Gasteiger partial charge < -0.3 is 5.32 Å². The molecule has 1 N–H and O–H groups in total. The summed E-state index contributed by atoms with van der Waals surface area (Å²) < 4.78 is 24.7. The fraction of sp³-hybridized carbons (Fsp3) is 0.500. The first-order chi connectivity index (χ1) is 8.84. The molecule has 0 amide bonds. The van der Waals surface area contributed by atoms with Gasteiger partial charge in [-0.1, -0.05) is 6.92 Å². The van der Waals surface area contributed by atoms with Gasteiger partial charge in [-0.25, -0.2) is 8.42 Å². The minimum absolute atomic E-state index is 0.110. The van der Waals surface area contributed by atoms with Crippen molar-refractivity contribution < 1.29 is 13.3 Å². The number of nitrogens with zero attached hydrogens (tertiary/aromatic N) is 1. The number of non-ortho nitro benzene ring substituents is 1. The van der Waals surface area contributed by atoms with Crippen molar-refractivity contribution in [1.29, 1.82) is 0 Å². The van der Waals surface area contributed by atoms with Crippen LogP contribution in [0.5, 0.6) is 0 Å². The SMILES string of the molecule is CCC(NC)C(C)S(=O)(=O)c1ccc([N+](=O)[O-])cc1. The lowest BCUT2D eigenvalue weighted by molar-refractivity contribution is -0.384. The van der Waals surface area contributed by atoms with Crippen LogP contribution in [0.25, 0.3) is 0 Å². The number of hydrogen-bond acceptors (Lipinski definition) is 5. The van der Waals surface area contributed by atoms with E-state index in [0.29, 0.717) is 6.42 Å². The summed E-state index contributed by atoms with van der Waals surface area (Å²) in [6.07, 6.45) is 0.684. The molecule has 0 aromatic heterocycles. The Kier molecular flexibility index (Phi) is 5.02. The van der Waals surface area contributed by atoms with Crippen molar-refractivity contribution in [1.82, 2.24) is 5.32 Å². The fourth-order valence-corrected chi connectivity index (χ4v) is 3.66. The number of rotatable bonds is 6. The third-order valence-corrected chi connectivity index (χ3v) is 5.48. The minimum atomic E-state index is -3.49. The molecule has 0 fully saturated rings. The van der Waals surface area contributed by atoms with Gasteiger partial charge in [0.25, 0.3) is 5.69 Å². The zero-order valence-corrected chi connectivity index (χ0v) is 12.0. The van der Waals surface area contributed by atoms with Crippen molar-refractivity contribution in [3.8, 4) is 0 Å². The van der Waals surface area contributed by atoms with E-state index in [9.17, 15) is 18.5 Å². The second kappa shape index (κ2) is 6.12. The van der Waals surface area contributed by atoms with E-state index in [1.807, 2.05) is 6.92 Å². The van der Waals surface area contributed by atoms with Crippen LogP contribution in [-0.4, -0.2) is 31.7 Å². The number of nitro groups is 1. The number of sulfone groups is 1. The molecule has 0 aliphatic rings. The molecular weight excluding hydrogens is 268 g/mol. The molecule has 1 rings (SSSR count). The molecule has 2 atom stereocenters. The van der Waals surface area contributed by atoms with Crippen LogP contribution in [0, 0.1) is 10.1 Å². The smallest absolute Gasteiger partial charge is 0.269 e. The molecule has 6 nitrogen and oxygen atoms in total. The Morgan fingerprint density at radius 3 is 2.21 bits per heavy atom. The van der Waals surface area contributed by atoms with Crippen molar-refractivity contribution in [2.24, 2.45) is 0 Å². The van der Waals surface area contributed by atoms with Gasteiger partial charge in [0.2, 0.25) is 0 Å². The molecule has 1 aromatic carbocycles. The monoisotopic (exact) mass is 286 g/mol. The molecule has 1 aromatic rings. The molecule has 19 heavy (non-hydrogen) atoms. The van der Waals surface area contributed by atoms with Crippen molar-refractivity contribution >= 4 is 15.5 Å². The zero-order chi connectivity index (χ0) is 14.6. The molecule has 0 aliphatic heterocycles. The summed E-state index contributed by atoms with van der Waals surface area (Å²) in [5, 5.41) is 12.9. The maximum atomic E-state index is 12.4. The Hall–Kier alpha value is -1.47. The Bertz CT molecular complexity index is 535. The van der Waals surface area contributed by atoms with E-state index in [0.717, 1.165) is 0 Å². The first kappa shape index (κ1) is 15.6. The standard InChI is InChI=1S/C12H18N2O4S/c1-4-12(13-3)9(2)19(17,18)11-7-5-10(6-8-11)14(15)16/h5-9,12-13H,4H2,1-3H3. The minimum Gasteiger partial charge on any atom is -0.316 e. The summed E-state index contributed by atoms with van der Waals surface area (Å²) >= 11 is 0. The van der Waals surface area contributed by atoms with E-state index in [-0.39, 0.29) is 16.6 Å². The summed E-state index contributed by atoms with van der Waals surface area (Å²) in [6.45, 7) is 3.55. The van der Waals surface area contributed by atoms with Crippen LogP contribution in [0.4, 0.5) is 5.69 Å². The average Bonchev–Trinajstić information content (AvgIpc) is 2.40. The molecule has 0 bridgehead atoms. The lowest BCUT2D eigenvalue weighted by Gasteiger charge is -2.22. The van der Waals surface area contributed by atoms with Gasteiger partial charge in [-0.05, 0) is 32.5 Å². The third kappa shape index (κ3) is 3.30. The Morgan fingerprint density at radius 1 is 1.32 bits per heavy atom. The van der Waals surface area contributed by atoms with E-state index in [2.05, 4.69) is 5.32 Å². The van der Waals surface area contributed by atoms with Gasteiger partial charge >= 0.3 is 0 Å². The van der Waals surface area contributed by atoms with Gasteiger partial charge in [-0.3, -0.25) is 10.1 Å². The van der Waals surface area contributed by atoms with Gasteiger partial charge in [0.15, 0.2) is 9.84 Å². The Labute approximate surface area is 112 Å². The van der Waals surface area contributed by atoms with E-state index >= 15 is 0 Å². The fourth-order valence-electron chi connectivity index (χ4n) is 1.96. The van der Waals surface area contributed by atoms with Crippen LogP contribution in [0.3, 0.4) is 0 Å². The summed E-state index contributed by atoms with van der Waals surface area (Å²) in [5.41, 5.74) is -0.118. The number of nitro benzene ring substituents is 1. The maximum Gasteiger partial charge on any atom is 0.269 e. The van der Waals surface area contributed by atoms with Gasteiger partial charge in [-0.2, -0.15) is 0 Å². The van der Waals surface area contributed by atoms with Crippen molar-refractivity contribution in [2.75, 3.05) is 7.05 Å². The first-order valence-corrected chi connectivity index (χ1v) is 7.54. The zero-order valence-electron chi connectivity index (χ0n) is 11.2. The van der Waals surface area contributed by atoms with Crippen LogP contribution in [0.15, 0.2) is 29.2 Å². The van der Waals surface area contributed by atoms with E-state index < -0.39 is 20.0 Å². The molecule has 0 saturated heterocycles. The normalized spacial score (nSPS) is 14.9. The second-order valence-electron chi connectivity index (χ2n) is 4.30. The lowest BCUT2D eigenvalue weighted by Crippen LogP contribution is -2.40. The highest BCUT2D eigenvalue weighted by Crippen LogP contribution is 2.22. The topological polar surface area (TPSA) is 89.3 Å². The summed E-state index contributed by atoms with van der Waals surface area (Å²) in [6, 6.07) is 4.83. The highest BCUT2D eigenvalue weighted by Gasteiger charge is 2.29. The molecule has 106 valence electrons. The van der Waals surface area contributed by atoms with Gasteiger partial charge in [0, 0.05) is 18.2 Å². The Morgan fingerprint density at radius 2 is 1.84 bits per heavy atom. The Balaban J connectivity index is 3.09. The highest BCUT2D eigenvalue weighted by atomic mass is 32.2. The molecular formula is C12H18N2O4S. The summed E-state index contributed by atoms with van der Waals surface area (Å²) in [7, 11) is -1.77. The highest BCUT2D eigenvalue weighted by molar-refractivity contribution is 7.92. The lowest BCUT2D eigenvalue weighted by atomic mass is 10.2. The van der Waals surface area contributed by atoms with Gasteiger partial charge in [-0.15, -0.1) is 0 Å². The molecule has 2 unspecified atom stereocenters. The average molecular weight is 286 g/mol. The quantitative estimate of drug-likeness (QED) is 0.635. The van der Waals surface area contributed by atoms with Crippen molar-refractivity contribution in [2.45, 2.75) is 36.5 Å². The molecule has 0 saturated carbocycles. The molecule has 0 heterocycles. The van der Waals surface area contributed by atoms with Crippen LogP contribution < -0.4 is 5.32 Å². The van der Waals surface area contributed by atoms with Crippen LogP contribution in [-0.2, 0) is 9.84 Å². The predicted octanol–water partition coefficient (Wildman–Crippen LogP) is 1.75. The van der Waals surface area contributed by atoms with Crippen LogP contribution in [0.1, 0.15) is 20.3 Å². The molecule has 0 spiro atoms. The van der Waals surface area contributed by atoms with Crippen LogP contribution >= 0.6 is 0 Å². The van der Waals surface area contributed by atoms with Crippen molar-refractivity contribution in [3.63, 3.8) is 0 Å². The largest absolute Gasteiger partial charge is 0.316 e. The predicted molar refractivity (Wildman–Crippen MR) is 72.9 cm³/mol. The van der Waals surface area contributed by atoms with E-state index in [1.165, 1.54) is 24.3 Å². The summed E-state index contributed by atoms with van der Waals surface area (Å²) in [5.74, 6) is 0. The van der Waals surface area contributed by atoms with E-state index in [4.69, 9.17) is 0 Å². The molecule has 7 heteroatoms. The van der Waals surface area contributed by atoms with Gasteiger partial charge in [0.1, 0.15) is 0 Å². The number of nitrogens with one attached hydrogen (secondary N) is 1. The number of hydrogen-bond donors (Lipinski definition) is 1. The molecule has 0 aliphatic carbocycles. The first-order valence-electron chi connectivity index (χ1n) is 6.00. The van der Waals surface area contributed by atoms with Crippen molar-refractivity contribution in [3.05, 3.63) is 34.4 Å². The van der Waals surface area contributed by atoms with Crippen LogP contribution in [0.2, 0.25) is 0 Å². The summed E-state index contributed by atoms with van der Waals surface area (Å²) in [4.78, 5) is 10.1.